The summed E-state index contributed by atoms with van der Waals surface area (Å²) in [6.45, 7) is 1.71. The number of halogens is 1. The molecule has 5 nitrogen and oxygen atoms in total. The molecule has 1 N–H and O–H groups in total. The summed E-state index contributed by atoms with van der Waals surface area (Å²) in [5.74, 6) is 0.301. The fourth-order valence-corrected chi connectivity index (χ4v) is 3.30. The number of hydrogen-bond acceptors (Lipinski definition) is 3. The van der Waals surface area contributed by atoms with Crippen LogP contribution in [0.5, 0.6) is 0 Å². The lowest BCUT2D eigenvalue weighted by Gasteiger charge is -2.28. The molecule has 0 atom stereocenters. The first-order valence-corrected chi connectivity index (χ1v) is 9.36. The molecule has 0 bridgehead atoms. The molecule has 1 aliphatic rings. The van der Waals surface area contributed by atoms with E-state index in [1.807, 2.05) is 18.2 Å². The standard InChI is InChI=1S/C22H21FN4O/c23-19-8-6-17(7-9-19)21-25-14-18-15-27(13-11-20(18)26-21)22(28)24-12-10-16-4-2-1-3-5-16/h1-9,14H,10-13,15H2,(H,24,28). The Balaban J connectivity index is 1.36. The molecule has 2 heterocycles. The van der Waals surface area contributed by atoms with Gasteiger partial charge in [-0.05, 0) is 36.2 Å². The van der Waals surface area contributed by atoms with Gasteiger partial charge in [-0.25, -0.2) is 19.2 Å². The van der Waals surface area contributed by atoms with Crippen molar-refractivity contribution in [1.29, 1.82) is 0 Å². The smallest absolute Gasteiger partial charge is 0.317 e. The van der Waals surface area contributed by atoms with Gasteiger partial charge in [0.2, 0.25) is 0 Å². The van der Waals surface area contributed by atoms with Crippen LogP contribution in [0.2, 0.25) is 0 Å². The lowest BCUT2D eigenvalue weighted by atomic mass is 10.1. The summed E-state index contributed by atoms with van der Waals surface area (Å²) in [7, 11) is 0. The highest BCUT2D eigenvalue weighted by molar-refractivity contribution is 5.74. The number of carbonyl (C=O) groups is 1. The van der Waals surface area contributed by atoms with E-state index < -0.39 is 0 Å². The molecule has 2 aromatic carbocycles. The molecule has 1 aromatic heterocycles. The van der Waals surface area contributed by atoms with Gasteiger partial charge in [-0.2, -0.15) is 0 Å². The van der Waals surface area contributed by atoms with Gasteiger partial charge in [0.15, 0.2) is 5.82 Å². The summed E-state index contributed by atoms with van der Waals surface area (Å²) in [6.07, 6.45) is 3.25. The van der Waals surface area contributed by atoms with Gasteiger partial charge in [0, 0.05) is 36.8 Å². The zero-order valence-electron chi connectivity index (χ0n) is 15.4. The number of urea groups is 1. The number of benzene rings is 2. The number of amides is 2. The number of nitrogens with one attached hydrogen (secondary N) is 1. The van der Waals surface area contributed by atoms with Crippen LogP contribution in [0.1, 0.15) is 16.8 Å². The molecule has 0 saturated heterocycles. The normalized spacial score (nSPS) is 13.1. The first-order chi connectivity index (χ1) is 13.7. The van der Waals surface area contributed by atoms with Gasteiger partial charge < -0.3 is 10.2 Å². The molecule has 0 spiro atoms. The van der Waals surface area contributed by atoms with Crippen LogP contribution in [0.4, 0.5) is 9.18 Å². The summed E-state index contributed by atoms with van der Waals surface area (Å²) in [4.78, 5) is 23.3. The first kappa shape index (κ1) is 18.1. The van der Waals surface area contributed by atoms with Crippen LogP contribution < -0.4 is 5.32 Å². The van der Waals surface area contributed by atoms with Gasteiger partial charge >= 0.3 is 6.03 Å². The molecule has 28 heavy (non-hydrogen) atoms. The molecule has 1 aliphatic heterocycles. The largest absolute Gasteiger partial charge is 0.338 e. The Labute approximate surface area is 163 Å². The Bertz CT molecular complexity index is 960. The van der Waals surface area contributed by atoms with Crippen molar-refractivity contribution in [3.05, 3.63) is 83.4 Å². The SMILES string of the molecule is O=C(NCCc1ccccc1)N1CCc2nc(-c3ccc(F)cc3)ncc2C1. The molecular weight excluding hydrogens is 355 g/mol. The number of rotatable bonds is 4. The third-order valence-electron chi connectivity index (χ3n) is 4.86. The monoisotopic (exact) mass is 376 g/mol. The van der Waals surface area contributed by atoms with Crippen molar-refractivity contribution in [2.75, 3.05) is 13.1 Å². The van der Waals surface area contributed by atoms with Crippen LogP contribution in [0.3, 0.4) is 0 Å². The summed E-state index contributed by atoms with van der Waals surface area (Å²) in [5.41, 5.74) is 3.89. The first-order valence-electron chi connectivity index (χ1n) is 9.36. The van der Waals surface area contributed by atoms with E-state index >= 15 is 0 Å². The predicted octanol–water partition coefficient (Wildman–Crippen LogP) is 3.59. The number of hydrogen-bond donors (Lipinski definition) is 1. The lowest BCUT2D eigenvalue weighted by Crippen LogP contribution is -2.43. The Morgan fingerprint density at radius 3 is 2.68 bits per heavy atom. The lowest BCUT2D eigenvalue weighted by molar-refractivity contribution is 0.192. The van der Waals surface area contributed by atoms with Crippen molar-refractivity contribution >= 4 is 6.03 Å². The number of fused-ring (bicyclic) bond motifs is 1. The second-order valence-electron chi connectivity index (χ2n) is 6.81. The van der Waals surface area contributed by atoms with Crippen molar-refractivity contribution in [2.24, 2.45) is 0 Å². The van der Waals surface area contributed by atoms with Gasteiger partial charge in [-0.15, -0.1) is 0 Å². The summed E-state index contributed by atoms with van der Waals surface area (Å²) in [6, 6.07) is 16.2. The Kier molecular flexibility index (Phi) is 5.28. The minimum Gasteiger partial charge on any atom is -0.338 e. The van der Waals surface area contributed by atoms with E-state index in [0.29, 0.717) is 31.9 Å². The van der Waals surface area contributed by atoms with E-state index in [2.05, 4.69) is 27.4 Å². The van der Waals surface area contributed by atoms with Gasteiger partial charge in [0.25, 0.3) is 0 Å². The van der Waals surface area contributed by atoms with Gasteiger partial charge in [0.1, 0.15) is 5.82 Å². The Morgan fingerprint density at radius 1 is 1.11 bits per heavy atom. The maximum absolute atomic E-state index is 13.1. The highest BCUT2D eigenvalue weighted by Crippen LogP contribution is 2.21. The molecule has 4 rings (SSSR count). The Hall–Kier alpha value is -3.28. The van der Waals surface area contributed by atoms with E-state index in [1.54, 1.807) is 23.2 Å². The van der Waals surface area contributed by atoms with Crippen LogP contribution in [0.15, 0.2) is 60.8 Å². The average molecular weight is 376 g/mol. The molecule has 0 radical (unpaired) electrons. The summed E-state index contributed by atoms with van der Waals surface area (Å²) >= 11 is 0. The highest BCUT2D eigenvalue weighted by atomic mass is 19.1. The molecule has 0 aliphatic carbocycles. The van der Waals surface area contributed by atoms with Crippen LogP contribution >= 0.6 is 0 Å². The van der Waals surface area contributed by atoms with E-state index in [1.165, 1.54) is 17.7 Å². The maximum atomic E-state index is 13.1. The second kappa shape index (κ2) is 8.17. The third kappa shape index (κ3) is 4.17. The van der Waals surface area contributed by atoms with E-state index in [9.17, 15) is 9.18 Å². The van der Waals surface area contributed by atoms with E-state index in [0.717, 1.165) is 23.2 Å². The molecule has 142 valence electrons. The second-order valence-corrected chi connectivity index (χ2v) is 6.81. The van der Waals surface area contributed by atoms with E-state index in [-0.39, 0.29) is 11.8 Å². The minimum atomic E-state index is -0.282. The zero-order chi connectivity index (χ0) is 19.3. The topological polar surface area (TPSA) is 58.1 Å². The zero-order valence-corrected chi connectivity index (χ0v) is 15.4. The molecule has 0 unspecified atom stereocenters. The minimum absolute atomic E-state index is 0.0656. The predicted molar refractivity (Wildman–Crippen MR) is 105 cm³/mol. The highest BCUT2D eigenvalue weighted by Gasteiger charge is 2.22. The molecule has 0 saturated carbocycles. The average Bonchev–Trinajstić information content (AvgIpc) is 2.74. The van der Waals surface area contributed by atoms with Crippen molar-refractivity contribution in [1.82, 2.24) is 20.2 Å². The van der Waals surface area contributed by atoms with Crippen molar-refractivity contribution < 1.29 is 9.18 Å². The summed E-state index contributed by atoms with van der Waals surface area (Å²) in [5, 5.41) is 2.98. The van der Waals surface area contributed by atoms with Crippen LogP contribution in [0.25, 0.3) is 11.4 Å². The van der Waals surface area contributed by atoms with Gasteiger partial charge in [0.05, 0.1) is 12.2 Å². The number of nitrogens with zero attached hydrogens (tertiary/aromatic N) is 3. The quantitative estimate of drug-likeness (QED) is 0.757. The van der Waals surface area contributed by atoms with Gasteiger partial charge in [-0.1, -0.05) is 30.3 Å². The fraction of sp³-hybridized carbons (Fsp3) is 0.227. The van der Waals surface area contributed by atoms with Crippen molar-refractivity contribution in [3.8, 4) is 11.4 Å². The molecular formula is C22H21FN4O. The Morgan fingerprint density at radius 2 is 1.89 bits per heavy atom. The molecule has 6 heteroatoms. The third-order valence-corrected chi connectivity index (χ3v) is 4.86. The van der Waals surface area contributed by atoms with Crippen LogP contribution in [-0.4, -0.2) is 34.0 Å². The maximum Gasteiger partial charge on any atom is 0.317 e. The van der Waals surface area contributed by atoms with Crippen LogP contribution in [-0.2, 0) is 19.4 Å². The number of aromatic nitrogens is 2. The molecule has 2 amide bonds. The van der Waals surface area contributed by atoms with Crippen molar-refractivity contribution in [2.45, 2.75) is 19.4 Å². The summed E-state index contributed by atoms with van der Waals surface area (Å²) < 4.78 is 13.1. The number of carbonyl (C=O) groups excluding carboxylic acids is 1. The van der Waals surface area contributed by atoms with Gasteiger partial charge in [-0.3, -0.25) is 0 Å². The van der Waals surface area contributed by atoms with E-state index in [4.69, 9.17) is 0 Å². The molecule has 0 fully saturated rings. The van der Waals surface area contributed by atoms with Crippen LogP contribution in [0, 0.1) is 5.82 Å². The molecule has 3 aromatic rings. The fourth-order valence-electron chi connectivity index (χ4n) is 3.30. The van der Waals surface area contributed by atoms with Crippen molar-refractivity contribution in [3.63, 3.8) is 0 Å².